The second-order valence-corrected chi connectivity index (χ2v) is 6.73. The van der Waals surface area contributed by atoms with Crippen molar-refractivity contribution in [2.24, 2.45) is 0 Å². The summed E-state index contributed by atoms with van der Waals surface area (Å²) in [6.07, 6.45) is 0. The van der Waals surface area contributed by atoms with Crippen LogP contribution in [0.3, 0.4) is 0 Å². The highest BCUT2D eigenvalue weighted by atomic mass is 127. The molecule has 1 unspecified atom stereocenters. The molecule has 5 heteroatoms. The number of nitrogens with zero attached hydrogens (tertiary/aromatic N) is 1. The Balaban J connectivity index is 2.98. The summed E-state index contributed by atoms with van der Waals surface area (Å²) in [5.74, 6) is -0.132. The summed E-state index contributed by atoms with van der Waals surface area (Å²) < 4.78 is 23.0. The molecule has 0 radical (unpaired) electrons. The molecular formula is C10H10INO2S. The fraction of sp³-hybridized carbons (Fsp3) is 0.300. The van der Waals surface area contributed by atoms with Crippen LogP contribution in [-0.2, 0) is 9.84 Å². The molecule has 1 atom stereocenters. The molecule has 0 N–H and O–H groups in total. The molecule has 0 aliphatic carbocycles. The van der Waals surface area contributed by atoms with Crippen LogP contribution in [-0.4, -0.2) is 18.1 Å². The predicted octanol–water partition coefficient (Wildman–Crippen LogP) is 2.10. The standard InChI is InChI=1S/C10H10INO2S/c1-8-2-4-10(5-3-8)15(13,14)7-9(11)6-12/h2-5,9H,7H2,1H3. The van der Waals surface area contributed by atoms with Crippen molar-refractivity contribution in [2.45, 2.75) is 15.7 Å². The van der Waals surface area contributed by atoms with Crippen molar-refractivity contribution in [3.05, 3.63) is 29.8 Å². The van der Waals surface area contributed by atoms with E-state index in [-0.39, 0.29) is 10.6 Å². The first-order chi connectivity index (χ1) is 6.95. The van der Waals surface area contributed by atoms with Gasteiger partial charge in [0.2, 0.25) is 0 Å². The fourth-order valence-corrected chi connectivity index (χ4v) is 3.69. The molecular weight excluding hydrogens is 325 g/mol. The van der Waals surface area contributed by atoms with Crippen molar-refractivity contribution in [3.8, 4) is 6.07 Å². The van der Waals surface area contributed by atoms with Gasteiger partial charge in [-0.2, -0.15) is 5.26 Å². The molecule has 0 aliphatic rings. The van der Waals surface area contributed by atoms with Crippen LogP contribution in [0.1, 0.15) is 5.56 Å². The molecule has 1 aromatic carbocycles. The molecule has 0 spiro atoms. The number of hydrogen-bond donors (Lipinski definition) is 0. The zero-order valence-electron chi connectivity index (χ0n) is 8.14. The largest absolute Gasteiger partial charge is 0.224 e. The minimum absolute atomic E-state index is 0.132. The number of hydrogen-bond acceptors (Lipinski definition) is 3. The summed E-state index contributed by atoms with van der Waals surface area (Å²) in [6, 6.07) is 8.56. The summed E-state index contributed by atoms with van der Waals surface area (Å²) >= 11 is 1.82. The van der Waals surface area contributed by atoms with E-state index in [9.17, 15) is 8.42 Å². The fourth-order valence-electron chi connectivity index (χ4n) is 1.07. The van der Waals surface area contributed by atoms with E-state index in [1.165, 1.54) is 0 Å². The molecule has 0 saturated carbocycles. The Morgan fingerprint density at radius 2 is 1.93 bits per heavy atom. The van der Waals surface area contributed by atoms with Crippen LogP contribution >= 0.6 is 22.6 Å². The molecule has 0 amide bonds. The van der Waals surface area contributed by atoms with Crippen LogP contribution in [0.2, 0.25) is 0 Å². The van der Waals surface area contributed by atoms with Gasteiger partial charge in [-0.05, 0) is 19.1 Å². The van der Waals surface area contributed by atoms with Gasteiger partial charge >= 0.3 is 0 Å². The molecule has 0 heterocycles. The number of halogens is 1. The zero-order valence-corrected chi connectivity index (χ0v) is 11.1. The third-order valence-corrected chi connectivity index (χ3v) is 4.97. The van der Waals surface area contributed by atoms with Gasteiger partial charge in [-0.25, -0.2) is 8.42 Å². The quantitative estimate of drug-likeness (QED) is 0.628. The van der Waals surface area contributed by atoms with Gasteiger partial charge in [-0.3, -0.25) is 0 Å². The van der Waals surface area contributed by atoms with E-state index >= 15 is 0 Å². The van der Waals surface area contributed by atoms with Crippen LogP contribution in [0.25, 0.3) is 0 Å². The minimum atomic E-state index is -3.32. The molecule has 15 heavy (non-hydrogen) atoms. The Bertz CT molecular complexity index is 473. The van der Waals surface area contributed by atoms with Gasteiger partial charge in [0, 0.05) is 0 Å². The molecule has 80 valence electrons. The van der Waals surface area contributed by atoms with E-state index in [0.29, 0.717) is 0 Å². The number of alkyl halides is 1. The monoisotopic (exact) mass is 335 g/mol. The topological polar surface area (TPSA) is 57.9 Å². The van der Waals surface area contributed by atoms with E-state index < -0.39 is 13.8 Å². The summed E-state index contributed by atoms with van der Waals surface area (Å²) in [5, 5.41) is 8.57. The molecule has 0 bridgehead atoms. The van der Waals surface area contributed by atoms with Crippen molar-refractivity contribution in [3.63, 3.8) is 0 Å². The van der Waals surface area contributed by atoms with Gasteiger partial charge in [0.05, 0.1) is 16.7 Å². The van der Waals surface area contributed by atoms with Gasteiger partial charge in [-0.1, -0.05) is 40.3 Å². The minimum Gasteiger partial charge on any atom is -0.224 e. The van der Waals surface area contributed by atoms with Crippen molar-refractivity contribution in [1.29, 1.82) is 5.26 Å². The average Bonchev–Trinajstić information content (AvgIpc) is 2.17. The Labute approximate surface area is 103 Å². The van der Waals surface area contributed by atoms with Crippen LogP contribution in [0.5, 0.6) is 0 Å². The first-order valence-corrected chi connectivity index (χ1v) is 7.18. The van der Waals surface area contributed by atoms with E-state index in [4.69, 9.17) is 5.26 Å². The van der Waals surface area contributed by atoms with Gasteiger partial charge in [-0.15, -0.1) is 0 Å². The van der Waals surface area contributed by atoms with Crippen molar-refractivity contribution in [1.82, 2.24) is 0 Å². The molecule has 1 aromatic rings. The van der Waals surface area contributed by atoms with Crippen LogP contribution in [0.4, 0.5) is 0 Å². The highest BCUT2D eigenvalue weighted by Gasteiger charge is 2.18. The van der Waals surface area contributed by atoms with Gasteiger partial charge < -0.3 is 0 Å². The number of sulfone groups is 1. The lowest BCUT2D eigenvalue weighted by Crippen LogP contribution is -2.14. The Hall–Kier alpha value is -0.610. The van der Waals surface area contributed by atoms with Gasteiger partial charge in [0.15, 0.2) is 9.84 Å². The second-order valence-electron chi connectivity index (χ2n) is 3.19. The smallest absolute Gasteiger partial charge is 0.180 e. The first kappa shape index (κ1) is 12.5. The normalized spacial score (nSPS) is 13.1. The third-order valence-electron chi connectivity index (χ3n) is 1.89. The van der Waals surface area contributed by atoms with Crippen molar-refractivity contribution in [2.75, 3.05) is 5.75 Å². The SMILES string of the molecule is Cc1ccc(S(=O)(=O)CC(I)C#N)cc1. The Morgan fingerprint density at radius 1 is 1.40 bits per heavy atom. The predicted molar refractivity (Wildman–Crippen MR) is 66.7 cm³/mol. The highest BCUT2D eigenvalue weighted by molar-refractivity contribution is 14.1. The molecule has 0 fully saturated rings. The second kappa shape index (κ2) is 4.94. The van der Waals surface area contributed by atoms with E-state index in [2.05, 4.69) is 0 Å². The number of nitriles is 1. The lowest BCUT2D eigenvalue weighted by molar-refractivity contribution is 0.596. The highest BCUT2D eigenvalue weighted by Crippen LogP contribution is 2.15. The molecule has 0 saturated heterocycles. The lowest BCUT2D eigenvalue weighted by atomic mass is 10.2. The first-order valence-electron chi connectivity index (χ1n) is 4.29. The molecule has 0 aromatic heterocycles. The van der Waals surface area contributed by atoms with Gasteiger partial charge in [0.1, 0.15) is 3.92 Å². The van der Waals surface area contributed by atoms with E-state index in [1.54, 1.807) is 24.3 Å². The van der Waals surface area contributed by atoms with Crippen LogP contribution < -0.4 is 0 Å². The van der Waals surface area contributed by atoms with Crippen molar-refractivity contribution >= 4 is 32.4 Å². The molecule has 0 aliphatic heterocycles. The van der Waals surface area contributed by atoms with Crippen LogP contribution in [0, 0.1) is 18.3 Å². The summed E-state index contributed by atoms with van der Waals surface area (Å²) in [5.41, 5.74) is 1.01. The maximum atomic E-state index is 11.8. The Morgan fingerprint density at radius 3 is 2.40 bits per heavy atom. The number of benzene rings is 1. The maximum absolute atomic E-state index is 11.8. The summed E-state index contributed by atoms with van der Waals surface area (Å²) in [4.78, 5) is 0.282. The Kier molecular flexibility index (Phi) is 4.11. The van der Waals surface area contributed by atoms with E-state index in [1.807, 2.05) is 35.6 Å². The van der Waals surface area contributed by atoms with Crippen molar-refractivity contribution < 1.29 is 8.42 Å². The zero-order chi connectivity index (χ0) is 11.5. The number of rotatable bonds is 3. The molecule has 1 rings (SSSR count). The lowest BCUT2D eigenvalue weighted by Gasteiger charge is -2.04. The summed E-state index contributed by atoms with van der Waals surface area (Å²) in [7, 11) is -3.32. The summed E-state index contributed by atoms with van der Waals surface area (Å²) in [6.45, 7) is 1.90. The number of aryl methyl sites for hydroxylation is 1. The average molecular weight is 335 g/mol. The van der Waals surface area contributed by atoms with Crippen LogP contribution in [0.15, 0.2) is 29.2 Å². The third kappa shape index (κ3) is 3.47. The van der Waals surface area contributed by atoms with E-state index in [0.717, 1.165) is 5.56 Å². The molecule has 3 nitrogen and oxygen atoms in total. The van der Waals surface area contributed by atoms with Gasteiger partial charge in [0.25, 0.3) is 0 Å². The maximum Gasteiger partial charge on any atom is 0.180 e.